The van der Waals surface area contributed by atoms with Gasteiger partial charge in [-0.3, -0.25) is 0 Å². The molecule has 16 heavy (non-hydrogen) atoms. The Labute approximate surface area is 102 Å². The molecule has 1 aromatic rings. The van der Waals surface area contributed by atoms with E-state index in [1.165, 1.54) is 24.1 Å². The second kappa shape index (κ2) is 5.80. The van der Waals surface area contributed by atoms with Gasteiger partial charge in [0, 0.05) is 23.6 Å². The van der Waals surface area contributed by atoms with E-state index >= 15 is 0 Å². The first-order valence-electron chi connectivity index (χ1n) is 6.19. The largest absolute Gasteiger partial charge is 0.396 e. The van der Waals surface area contributed by atoms with Crippen LogP contribution in [-0.4, -0.2) is 23.8 Å². The van der Waals surface area contributed by atoms with Crippen LogP contribution in [0.25, 0.3) is 0 Å². The smallest absolute Gasteiger partial charge is 0.0474 e. The van der Waals surface area contributed by atoms with E-state index in [-0.39, 0.29) is 0 Å². The minimum atomic E-state index is 0.337. The van der Waals surface area contributed by atoms with Gasteiger partial charge < -0.3 is 10.4 Å². The quantitative estimate of drug-likeness (QED) is 0.827. The topological polar surface area (TPSA) is 32.3 Å². The summed E-state index contributed by atoms with van der Waals surface area (Å²) in [5.74, 6) is 0.478. The van der Waals surface area contributed by atoms with Crippen LogP contribution in [0.2, 0.25) is 0 Å². The van der Waals surface area contributed by atoms with Crippen LogP contribution in [0, 0.1) is 5.92 Å². The van der Waals surface area contributed by atoms with E-state index in [9.17, 15) is 5.11 Å². The summed E-state index contributed by atoms with van der Waals surface area (Å²) in [4.78, 5) is 1.44. The molecular weight excluding hydrogens is 218 g/mol. The number of thiophene rings is 1. The first-order valence-corrected chi connectivity index (χ1v) is 7.07. The van der Waals surface area contributed by atoms with Gasteiger partial charge in [-0.1, -0.05) is 12.5 Å². The average Bonchev–Trinajstić information content (AvgIpc) is 2.88. The molecule has 1 aromatic heterocycles. The Balaban J connectivity index is 1.80. The van der Waals surface area contributed by atoms with Crippen LogP contribution in [0.1, 0.15) is 31.1 Å². The highest BCUT2D eigenvalue weighted by Gasteiger charge is 2.27. The molecule has 0 amide bonds. The van der Waals surface area contributed by atoms with Crippen molar-refractivity contribution in [1.29, 1.82) is 0 Å². The zero-order chi connectivity index (χ0) is 11.4. The lowest BCUT2D eigenvalue weighted by Crippen LogP contribution is -2.40. The Morgan fingerprint density at radius 1 is 1.56 bits per heavy atom. The molecule has 1 fully saturated rings. The van der Waals surface area contributed by atoms with Gasteiger partial charge in [0.25, 0.3) is 0 Å². The Bertz CT molecular complexity index is 299. The molecule has 0 radical (unpaired) electrons. The van der Waals surface area contributed by atoms with Gasteiger partial charge >= 0.3 is 0 Å². The molecule has 2 nitrogen and oxygen atoms in total. The van der Waals surface area contributed by atoms with Crippen LogP contribution in [-0.2, 0) is 6.42 Å². The fourth-order valence-corrected chi connectivity index (χ4v) is 3.46. The number of aliphatic hydroxyl groups is 1. The van der Waals surface area contributed by atoms with Crippen molar-refractivity contribution in [2.45, 2.75) is 44.7 Å². The first-order chi connectivity index (χ1) is 7.79. The molecular formula is C13H21NOS. The van der Waals surface area contributed by atoms with Crippen molar-refractivity contribution >= 4 is 11.3 Å². The van der Waals surface area contributed by atoms with Crippen molar-refractivity contribution in [2.24, 2.45) is 5.92 Å². The monoisotopic (exact) mass is 239 g/mol. The fraction of sp³-hybridized carbons (Fsp3) is 0.692. The first kappa shape index (κ1) is 12.1. The third-order valence-electron chi connectivity index (χ3n) is 3.48. The SMILES string of the molecule is CC(Cc1cccs1)NC1CCCC1CO. The number of hydrogen-bond donors (Lipinski definition) is 2. The van der Waals surface area contributed by atoms with E-state index < -0.39 is 0 Å². The summed E-state index contributed by atoms with van der Waals surface area (Å²) in [6.45, 7) is 2.58. The Kier molecular flexibility index (Phi) is 4.38. The van der Waals surface area contributed by atoms with Crippen LogP contribution >= 0.6 is 11.3 Å². The Hall–Kier alpha value is -0.380. The van der Waals surface area contributed by atoms with Gasteiger partial charge in [0.05, 0.1) is 0 Å². The number of nitrogens with one attached hydrogen (secondary N) is 1. The number of aliphatic hydroxyl groups excluding tert-OH is 1. The molecule has 90 valence electrons. The summed E-state index contributed by atoms with van der Waals surface area (Å²) in [5.41, 5.74) is 0. The van der Waals surface area contributed by atoms with E-state index in [4.69, 9.17) is 0 Å². The Morgan fingerprint density at radius 2 is 2.44 bits per heavy atom. The standard InChI is InChI=1S/C13H21NOS/c1-10(8-12-5-3-7-16-12)14-13-6-2-4-11(13)9-15/h3,5,7,10-11,13-15H,2,4,6,8-9H2,1H3. The van der Waals surface area contributed by atoms with Gasteiger partial charge in [-0.25, -0.2) is 0 Å². The summed E-state index contributed by atoms with van der Waals surface area (Å²) in [5, 5.41) is 15.1. The van der Waals surface area contributed by atoms with E-state index in [0.29, 0.717) is 24.6 Å². The van der Waals surface area contributed by atoms with Crippen molar-refractivity contribution < 1.29 is 5.11 Å². The third kappa shape index (κ3) is 3.06. The lowest BCUT2D eigenvalue weighted by molar-refractivity contribution is 0.200. The van der Waals surface area contributed by atoms with Crippen molar-refractivity contribution in [1.82, 2.24) is 5.32 Å². The minimum Gasteiger partial charge on any atom is -0.396 e. The van der Waals surface area contributed by atoms with E-state index in [0.717, 1.165) is 6.42 Å². The summed E-state index contributed by atoms with van der Waals surface area (Å²) >= 11 is 1.83. The van der Waals surface area contributed by atoms with E-state index in [1.807, 2.05) is 11.3 Å². The highest BCUT2D eigenvalue weighted by atomic mass is 32.1. The lowest BCUT2D eigenvalue weighted by Gasteiger charge is -2.23. The van der Waals surface area contributed by atoms with E-state index in [1.54, 1.807) is 0 Å². The summed E-state index contributed by atoms with van der Waals surface area (Å²) in [6.07, 6.45) is 4.76. The Morgan fingerprint density at radius 3 is 3.12 bits per heavy atom. The molecule has 0 spiro atoms. The molecule has 1 aliphatic carbocycles. The predicted molar refractivity (Wildman–Crippen MR) is 68.8 cm³/mol. The normalized spacial score (nSPS) is 27.1. The summed E-state index contributed by atoms with van der Waals surface area (Å²) in [6, 6.07) is 5.34. The number of rotatable bonds is 5. The number of hydrogen-bond acceptors (Lipinski definition) is 3. The molecule has 0 aromatic carbocycles. The summed E-state index contributed by atoms with van der Waals surface area (Å²) < 4.78 is 0. The molecule has 0 aliphatic heterocycles. The van der Waals surface area contributed by atoms with Crippen LogP contribution < -0.4 is 5.32 Å². The maximum atomic E-state index is 9.27. The molecule has 2 rings (SSSR count). The van der Waals surface area contributed by atoms with Crippen molar-refractivity contribution in [3.05, 3.63) is 22.4 Å². The van der Waals surface area contributed by atoms with Crippen molar-refractivity contribution in [3.63, 3.8) is 0 Å². The molecule has 3 unspecified atom stereocenters. The average molecular weight is 239 g/mol. The fourth-order valence-electron chi connectivity index (χ4n) is 2.63. The zero-order valence-corrected chi connectivity index (χ0v) is 10.7. The molecule has 1 saturated carbocycles. The highest BCUT2D eigenvalue weighted by Crippen LogP contribution is 2.25. The van der Waals surface area contributed by atoms with Gasteiger partial charge in [0.2, 0.25) is 0 Å². The maximum Gasteiger partial charge on any atom is 0.0474 e. The van der Waals surface area contributed by atoms with Crippen molar-refractivity contribution in [2.75, 3.05) is 6.61 Å². The van der Waals surface area contributed by atoms with Gasteiger partial charge in [0.15, 0.2) is 0 Å². The van der Waals surface area contributed by atoms with Crippen LogP contribution in [0.4, 0.5) is 0 Å². The second-order valence-corrected chi connectivity index (χ2v) is 5.86. The molecule has 2 N–H and O–H groups in total. The minimum absolute atomic E-state index is 0.337. The second-order valence-electron chi connectivity index (χ2n) is 4.83. The van der Waals surface area contributed by atoms with Gasteiger partial charge in [-0.2, -0.15) is 0 Å². The van der Waals surface area contributed by atoms with Gasteiger partial charge in [-0.15, -0.1) is 11.3 Å². The summed E-state index contributed by atoms with van der Waals surface area (Å²) in [7, 11) is 0. The highest BCUT2D eigenvalue weighted by molar-refractivity contribution is 7.09. The lowest BCUT2D eigenvalue weighted by atomic mass is 10.0. The molecule has 3 heteroatoms. The zero-order valence-electron chi connectivity index (χ0n) is 9.86. The molecule has 3 atom stereocenters. The molecule has 1 aliphatic rings. The third-order valence-corrected chi connectivity index (χ3v) is 4.38. The van der Waals surface area contributed by atoms with Gasteiger partial charge in [-0.05, 0) is 43.6 Å². The van der Waals surface area contributed by atoms with Crippen molar-refractivity contribution in [3.8, 4) is 0 Å². The van der Waals surface area contributed by atoms with Crippen LogP contribution in [0.5, 0.6) is 0 Å². The molecule has 0 saturated heterocycles. The molecule has 1 heterocycles. The van der Waals surface area contributed by atoms with Crippen LogP contribution in [0.15, 0.2) is 17.5 Å². The predicted octanol–water partition coefficient (Wildman–Crippen LogP) is 2.43. The van der Waals surface area contributed by atoms with E-state index in [2.05, 4.69) is 29.8 Å². The molecule has 0 bridgehead atoms. The van der Waals surface area contributed by atoms with Gasteiger partial charge in [0.1, 0.15) is 0 Å². The van der Waals surface area contributed by atoms with Crippen LogP contribution in [0.3, 0.4) is 0 Å². The maximum absolute atomic E-state index is 9.27.